The standard InChI is InChI=1S/C47H29N3O/c1-2-9-28(10-3-1)39-27-40(34-25-23-31-18-17-29-11-8-12-30-24-26-35(34)43(31)42(29)30)50-47(49-39)33-21-19-32(20-22-33)45-44-37-14-5-7-16-41(37)51-46(44)36-13-4-6-15-38(36)48-45/h1-17,19-27,42H,18H2. The van der Waals surface area contributed by atoms with Gasteiger partial charge >= 0.3 is 0 Å². The quantitative estimate of drug-likeness (QED) is 0.190. The molecule has 8 aromatic rings. The van der Waals surface area contributed by atoms with Gasteiger partial charge in [0.1, 0.15) is 11.2 Å². The van der Waals surface area contributed by atoms with Gasteiger partial charge in [-0.05, 0) is 58.5 Å². The monoisotopic (exact) mass is 651 g/mol. The topological polar surface area (TPSA) is 51.8 Å². The van der Waals surface area contributed by atoms with Gasteiger partial charge in [-0.15, -0.1) is 0 Å². The van der Waals surface area contributed by atoms with Gasteiger partial charge in [0.25, 0.3) is 0 Å². The smallest absolute Gasteiger partial charge is 0.160 e. The largest absolute Gasteiger partial charge is 0.455 e. The van der Waals surface area contributed by atoms with Crippen molar-refractivity contribution in [2.75, 3.05) is 0 Å². The van der Waals surface area contributed by atoms with Crippen LogP contribution in [0.3, 0.4) is 0 Å². The zero-order valence-electron chi connectivity index (χ0n) is 27.5. The molecular weight excluding hydrogens is 623 g/mol. The first-order valence-electron chi connectivity index (χ1n) is 17.4. The number of furan rings is 1. The van der Waals surface area contributed by atoms with Gasteiger partial charge in [0.15, 0.2) is 5.82 Å². The van der Waals surface area contributed by atoms with E-state index in [4.69, 9.17) is 19.4 Å². The van der Waals surface area contributed by atoms with Crippen LogP contribution in [0.1, 0.15) is 22.6 Å². The van der Waals surface area contributed by atoms with E-state index in [-0.39, 0.29) is 5.92 Å². The summed E-state index contributed by atoms with van der Waals surface area (Å²) < 4.78 is 6.44. The molecule has 0 saturated carbocycles. The van der Waals surface area contributed by atoms with E-state index in [0.29, 0.717) is 5.82 Å². The number of hydrogen-bond donors (Lipinski definition) is 0. The Kier molecular flexibility index (Phi) is 6.05. The van der Waals surface area contributed by atoms with E-state index in [1.807, 2.05) is 36.4 Å². The number of aromatic nitrogens is 3. The van der Waals surface area contributed by atoms with Crippen LogP contribution in [0, 0.1) is 0 Å². The van der Waals surface area contributed by atoms with E-state index >= 15 is 0 Å². The lowest BCUT2D eigenvalue weighted by atomic mass is 9.70. The maximum absolute atomic E-state index is 6.44. The number of rotatable bonds is 4. The second kappa shape index (κ2) is 10.9. The van der Waals surface area contributed by atoms with Gasteiger partial charge in [0, 0.05) is 38.9 Å². The fourth-order valence-electron chi connectivity index (χ4n) is 8.20. The van der Waals surface area contributed by atoms with Crippen molar-refractivity contribution in [3.8, 4) is 45.2 Å². The predicted octanol–water partition coefficient (Wildman–Crippen LogP) is 11.7. The molecule has 4 heteroatoms. The molecule has 0 aliphatic heterocycles. The average molecular weight is 652 g/mol. The summed E-state index contributed by atoms with van der Waals surface area (Å²) in [4.78, 5) is 15.6. The van der Waals surface area contributed by atoms with Crippen LogP contribution in [0.15, 0.2) is 167 Å². The second-order valence-electron chi connectivity index (χ2n) is 13.5. The minimum absolute atomic E-state index is 0.281. The van der Waals surface area contributed by atoms with Gasteiger partial charge in [-0.1, -0.05) is 134 Å². The number of fused-ring (bicyclic) bond motifs is 5. The summed E-state index contributed by atoms with van der Waals surface area (Å²) in [5.74, 6) is 0.971. The normalized spacial score (nSPS) is 15.6. The fourth-order valence-corrected chi connectivity index (χ4v) is 8.20. The van der Waals surface area contributed by atoms with Crippen LogP contribution >= 0.6 is 0 Å². The zero-order valence-corrected chi connectivity index (χ0v) is 27.5. The molecule has 1 atom stereocenters. The van der Waals surface area contributed by atoms with Crippen molar-refractivity contribution in [3.63, 3.8) is 0 Å². The highest BCUT2D eigenvalue weighted by Crippen LogP contribution is 2.48. The zero-order chi connectivity index (χ0) is 33.5. The first kappa shape index (κ1) is 28.2. The van der Waals surface area contributed by atoms with E-state index in [1.54, 1.807) is 0 Å². The number of para-hydroxylation sites is 2. The molecule has 0 N–H and O–H groups in total. The SMILES string of the molecule is C1=CC2=CCc3ccc(-c4cc(-c5ccccc5)nc(-c5ccc(-c6nc7ccccc7c7oc8ccccc8c67)cc5)n4)c4c3C2C(=C1)C=C4. The Morgan fingerprint density at radius 1 is 0.608 bits per heavy atom. The Morgan fingerprint density at radius 2 is 1.39 bits per heavy atom. The Balaban J connectivity index is 1.07. The lowest BCUT2D eigenvalue weighted by Gasteiger charge is -2.34. The molecule has 3 aliphatic carbocycles. The van der Waals surface area contributed by atoms with E-state index < -0.39 is 0 Å². The summed E-state index contributed by atoms with van der Waals surface area (Å²) in [6, 6.07) is 42.0. The number of allylic oxidation sites excluding steroid dienone is 7. The van der Waals surface area contributed by atoms with Crippen molar-refractivity contribution < 1.29 is 4.42 Å². The summed E-state index contributed by atoms with van der Waals surface area (Å²) >= 11 is 0. The van der Waals surface area contributed by atoms with E-state index in [1.165, 1.54) is 27.8 Å². The molecule has 0 spiro atoms. The minimum Gasteiger partial charge on any atom is -0.455 e. The lowest BCUT2D eigenvalue weighted by molar-refractivity contribution is 0.672. The molecule has 11 rings (SSSR count). The van der Waals surface area contributed by atoms with Crippen molar-refractivity contribution in [1.82, 2.24) is 15.0 Å². The molecule has 0 amide bonds. The van der Waals surface area contributed by atoms with Crippen molar-refractivity contribution in [1.29, 1.82) is 0 Å². The third-order valence-electron chi connectivity index (χ3n) is 10.6. The second-order valence-corrected chi connectivity index (χ2v) is 13.5. The Morgan fingerprint density at radius 3 is 2.29 bits per heavy atom. The van der Waals surface area contributed by atoms with Gasteiger partial charge < -0.3 is 4.42 Å². The summed E-state index contributed by atoms with van der Waals surface area (Å²) in [6.07, 6.45) is 14.6. The number of benzene rings is 5. The number of nitrogens with zero attached hydrogens (tertiary/aromatic N) is 3. The third-order valence-corrected chi connectivity index (χ3v) is 10.6. The van der Waals surface area contributed by atoms with Gasteiger partial charge in [-0.3, -0.25) is 0 Å². The molecule has 238 valence electrons. The highest BCUT2D eigenvalue weighted by atomic mass is 16.3. The summed E-state index contributed by atoms with van der Waals surface area (Å²) in [5, 5.41) is 3.10. The molecular formula is C47H29N3O. The van der Waals surface area contributed by atoms with Gasteiger partial charge in [-0.25, -0.2) is 15.0 Å². The highest BCUT2D eigenvalue weighted by Gasteiger charge is 2.32. The number of pyridine rings is 1. The summed E-state index contributed by atoms with van der Waals surface area (Å²) in [7, 11) is 0. The van der Waals surface area contributed by atoms with E-state index in [0.717, 1.165) is 78.6 Å². The molecule has 5 aromatic carbocycles. The van der Waals surface area contributed by atoms with E-state index in [2.05, 4.69) is 121 Å². The first-order chi connectivity index (χ1) is 25.3. The lowest BCUT2D eigenvalue weighted by Crippen LogP contribution is -2.18. The number of hydrogen-bond acceptors (Lipinski definition) is 4. The Labute approximate surface area is 294 Å². The predicted molar refractivity (Wildman–Crippen MR) is 207 cm³/mol. The maximum atomic E-state index is 6.44. The van der Waals surface area contributed by atoms with Crippen molar-refractivity contribution in [2.24, 2.45) is 0 Å². The molecule has 3 aromatic heterocycles. The van der Waals surface area contributed by atoms with Gasteiger partial charge in [0.2, 0.25) is 0 Å². The molecule has 3 heterocycles. The molecule has 0 radical (unpaired) electrons. The maximum Gasteiger partial charge on any atom is 0.160 e. The molecule has 51 heavy (non-hydrogen) atoms. The Bertz CT molecular complexity index is 2870. The van der Waals surface area contributed by atoms with Crippen molar-refractivity contribution >= 4 is 38.9 Å². The van der Waals surface area contributed by atoms with Crippen LogP contribution in [0.25, 0.3) is 84.1 Å². The van der Waals surface area contributed by atoms with Crippen molar-refractivity contribution in [2.45, 2.75) is 12.3 Å². The molecule has 0 saturated heterocycles. The molecule has 0 fully saturated rings. The molecule has 1 unspecified atom stereocenters. The van der Waals surface area contributed by atoms with Crippen LogP contribution in [0.2, 0.25) is 0 Å². The highest BCUT2D eigenvalue weighted by molar-refractivity contribution is 6.19. The molecule has 0 bridgehead atoms. The third kappa shape index (κ3) is 4.36. The average Bonchev–Trinajstić information content (AvgIpc) is 3.60. The first-order valence-corrected chi connectivity index (χ1v) is 17.4. The van der Waals surface area contributed by atoms with Crippen LogP contribution < -0.4 is 0 Å². The summed E-state index contributed by atoms with van der Waals surface area (Å²) in [5.41, 5.74) is 16.3. The van der Waals surface area contributed by atoms with Crippen molar-refractivity contribution in [3.05, 3.63) is 180 Å². The molecule has 4 nitrogen and oxygen atoms in total. The minimum atomic E-state index is 0.281. The van der Waals surface area contributed by atoms with Gasteiger partial charge in [0.05, 0.1) is 28.0 Å². The van der Waals surface area contributed by atoms with Crippen LogP contribution in [0.4, 0.5) is 0 Å². The fraction of sp³-hybridized carbons (Fsp3) is 0.0426. The van der Waals surface area contributed by atoms with Crippen LogP contribution in [-0.4, -0.2) is 15.0 Å². The van der Waals surface area contributed by atoms with Crippen LogP contribution in [-0.2, 0) is 6.42 Å². The Hall–Kier alpha value is -6.65. The molecule has 3 aliphatic rings. The summed E-state index contributed by atoms with van der Waals surface area (Å²) in [6.45, 7) is 0. The van der Waals surface area contributed by atoms with Crippen LogP contribution in [0.5, 0.6) is 0 Å². The van der Waals surface area contributed by atoms with Gasteiger partial charge in [-0.2, -0.15) is 0 Å². The van der Waals surface area contributed by atoms with E-state index in [9.17, 15) is 0 Å².